The lowest BCUT2D eigenvalue weighted by molar-refractivity contribution is 0.629. The quantitative estimate of drug-likeness (QED) is 0.790. The highest BCUT2D eigenvalue weighted by Crippen LogP contribution is 2.18. The van der Waals surface area contributed by atoms with Crippen LogP contribution in [0.3, 0.4) is 0 Å². The molecule has 0 amide bonds. The van der Waals surface area contributed by atoms with Crippen LogP contribution in [0.4, 0.5) is 10.1 Å². The van der Waals surface area contributed by atoms with Gasteiger partial charge in [-0.05, 0) is 54.5 Å². The molecule has 0 spiro atoms. The standard InChI is InChI=1S/C15H13Cl2FN2S/c16-11-3-1-10(2-4-11)7-8-19-15(21)20-12-5-6-13(17)14(18)9-12/h1-6,9H,7-8H2,(H2,19,20,21). The average molecular weight is 343 g/mol. The second-order valence-electron chi connectivity index (χ2n) is 4.39. The maximum absolute atomic E-state index is 13.3. The van der Waals surface area contributed by atoms with E-state index >= 15 is 0 Å². The Kier molecular flexibility index (Phi) is 5.79. The van der Waals surface area contributed by atoms with Gasteiger partial charge in [0, 0.05) is 17.3 Å². The lowest BCUT2D eigenvalue weighted by Gasteiger charge is -2.11. The summed E-state index contributed by atoms with van der Waals surface area (Å²) in [6.07, 6.45) is 0.813. The van der Waals surface area contributed by atoms with Crippen LogP contribution in [0.15, 0.2) is 42.5 Å². The number of anilines is 1. The van der Waals surface area contributed by atoms with Gasteiger partial charge in [0.1, 0.15) is 5.82 Å². The SMILES string of the molecule is Fc1cc(NC(=S)NCCc2ccc(Cl)cc2)ccc1Cl. The van der Waals surface area contributed by atoms with Crippen LogP contribution in [-0.4, -0.2) is 11.7 Å². The Morgan fingerprint density at radius 1 is 1.10 bits per heavy atom. The molecule has 0 saturated carbocycles. The van der Waals surface area contributed by atoms with E-state index < -0.39 is 5.82 Å². The molecule has 6 heteroatoms. The molecule has 2 nitrogen and oxygen atoms in total. The minimum absolute atomic E-state index is 0.0853. The summed E-state index contributed by atoms with van der Waals surface area (Å²) in [5.74, 6) is -0.481. The summed E-state index contributed by atoms with van der Waals surface area (Å²) in [6.45, 7) is 0.670. The maximum atomic E-state index is 13.3. The molecule has 0 aliphatic heterocycles. The normalized spacial score (nSPS) is 10.2. The fraction of sp³-hybridized carbons (Fsp3) is 0.133. The van der Waals surface area contributed by atoms with Crippen LogP contribution >= 0.6 is 35.4 Å². The van der Waals surface area contributed by atoms with Crippen molar-refractivity contribution in [1.29, 1.82) is 0 Å². The summed E-state index contributed by atoms with van der Waals surface area (Å²) in [5.41, 5.74) is 1.72. The molecule has 0 fully saturated rings. The van der Waals surface area contributed by atoms with E-state index in [1.165, 1.54) is 12.1 Å². The fourth-order valence-corrected chi connectivity index (χ4v) is 2.18. The Hall–Kier alpha value is -1.36. The molecule has 110 valence electrons. The molecule has 0 heterocycles. The Morgan fingerprint density at radius 3 is 2.48 bits per heavy atom. The first kappa shape index (κ1) is 16.0. The molecule has 2 aromatic carbocycles. The summed E-state index contributed by atoms with van der Waals surface area (Å²) in [6, 6.07) is 12.1. The minimum Gasteiger partial charge on any atom is -0.362 e. The highest BCUT2D eigenvalue weighted by atomic mass is 35.5. The number of hydrogen-bond donors (Lipinski definition) is 2. The van der Waals surface area contributed by atoms with Gasteiger partial charge in [0.05, 0.1) is 5.02 Å². The van der Waals surface area contributed by atoms with Gasteiger partial charge in [0.2, 0.25) is 0 Å². The monoisotopic (exact) mass is 342 g/mol. The van der Waals surface area contributed by atoms with Crippen LogP contribution in [0, 0.1) is 5.82 Å². The van der Waals surface area contributed by atoms with Gasteiger partial charge in [0.15, 0.2) is 5.11 Å². The lowest BCUT2D eigenvalue weighted by atomic mass is 10.1. The predicted molar refractivity (Wildman–Crippen MR) is 90.8 cm³/mol. The predicted octanol–water partition coefficient (Wildman–Crippen LogP) is 4.66. The van der Waals surface area contributed by atoms with Gasteiger partial charge in [-0.25, -0.2) is 4.39 Å². The zero-order valence-corrected chi connectivity index (χ0v) is 13.3. The molecule has 0 aromatic heterocycles. The van der Waals surface area contributed by atoms with Crippen molar-refractivity contribution >= 4 is 46.2 Å². The van der Waals surface area contributed by atoms with Crippen molar-refractivity contribution in [3.8, 4) is 0 Å². The first-order valence-electron chi connectivity index (χ1n) is 6.29. The van der Waals surface area contributed by atoms with Gasteiger partial charge in [-0.2, -0.15) is 0 Å². The highest BCUT2D eigenvalue weighted by Gasteiger charge is 2.02. The molecule has 0 bridgehead atoms. The largest absolute Gasteiger partial charge is 0.362 e. The van der Waals surface area contributed by atoms with E-state index in [-0.39, 0.29) is 5.02 Å². The van der Waals surface area contributed by atoms with Crippen molar-refractivity contribution in [3.63, 3.8) is 0 Å². The Bertz CT molecular complexity index is 632. The molecule has 2 rings (SSSR count). The summed E-state index contributed by atoms with van der Waals surface area (Å²) in [5, 5.41) is 7.20. The van der Waals surface area contributed by atoms with Crippen molar-refractivity contribution in [2.24, 2.45) is 0 Å². The number of nitrogens with one attached hydrogen (secondary N) is 2. The second-order valence-corrected chi connectivity index (χ2v) is 5.64. The van der Waals surface area contributed by atoms with Gasteiger partial charge < -0.3 is 10.6 Å². The first-order valence-corrected chi connectivity index (χ1v) is 7.45. The van der Waals surface area contributed by atoms with Crippen molar-refractivity contribution < 1.29 is 4.39 Å². The van der Waals surface area contributed by atoms with Crippen molar-refractivity contribution in [3.05, 3.63) is 63.9 Å². The molecule has 21 heavy (non-hydrogen) atoms. The Labute approximate surface area is 138 Å². The maximum Gasteiger partial charge on any atom is 0.170 e. The topological polar surface area (TPSA) is 24.1 Å². The van der Waals surface area contributed by atoms with Crippen LogP contribution in [0.2, 0.25) is 10.0 Å². The van der Waals surface area contributed by atoms with E-state index in [0.717, 1.165) is 12.0 Å². The van der Waals surface area contributed by atoms with Crippen LogP contribution in [-0.2, 0) is 6.42 Å². The second kappa shape index (κ2) is 7.59. The van der Waals surface area contributed by atoms with Crippen LogP contribution in [0.1, 0.15) is 5.56 Å². The number of hydrogen-bond acceptors (Lipinski definition) is 1. The molecular formula is C15H13Cl2FN2S. The van der Waals surface area contributed by atoms with E-state index in [4.69, 9.17) is 35.4 Å². The van der Waals surface area contributed by atoms with Gasteiger partial charge in [-0.15, -0.1) is 0 Å². The number of rotatable bonds is 4. The molecule has 0 unspecified atom stereocenters. The fourth-order valence-electron chi connectivity index (χ4n) is 1.72. The van der Waals surface area contributed by atoms with Crippen molar-refractivity contribution in [2.75, 3.05) is 11.9 Å². The first-order chi connectivity index (χ1) is 10.0. The smallest absolute Gasteiger partial charge is 0.170 e. The minimum atomic E-state index is -0.481. The summed E-state index contributed by atoms with van der Waals surface area (Å²) in [4.78, 5) is 0. The third-order valence-corrected chi connectivity index (χ3v) is 3.59. The summed E-state index contributed by atoms with van der Waals surface area (Å²) in [7, 11) is 0. The van der Waals surface area contributed by atoms with Gasteiger partial charge in [-0.1, -0.05) is 35.3 Å². The zero-order chi connectivity index (χ0) is 15.2. The van der Waals surface area contributed by atoms with Gasteiger partial charge >= 0.3 is 0 Å². The number of benzene rings is 2. The zero-order valence-electron chi connectivity index (χ0n) is 11.0. The lowest BCUT2D eigenvalue weighted by Crippen LogP contribution is -2.30. The molecule has 0 radical (unpaired) electrons. The van der Waals surface area contributed by atoms with E-state index in [2.05, 4.69) is 10.6 Å². The van der Waals surface area contributed by atoms with E-state index in [9.17, 15) is 4.39 Å². The highest BCUT2D eigenvalue weighted by molar-refractivity contribution is 7.80. The molecule has 2 aromatic rings. The van der Waals surface area contributed by atoms with E-state index in [1.807, 2.05) is 24.3 Å². The summed E-state index contributed by atoms with van der Waals surface area (Å²) >= 11 is 16.6. The third-order valence-electron chi connectivity index (χ3n) is 2.79. The van der Waals surface area contributed by atoms with Crippen molar-refractivity contribution in [2.45, 2.75) is 6.42 Å². The Balaban J connectivity index is 1.79. The van der Waals surface area contributed by atoms with E-state index in [0.29, 0.717) is 22.4 Å². The van der Waals surface area contributed by atoms with Gasteiger partial charge in [0.25, 0.3) is 0 Å². The molecule has 0 aliphatic carbocycles. The molecular weight excluding hydrogens is 330 g/mol. The molecule has 0 aliphatic rings. The van der Waals surface area contributed by atoms with Crippen LogP contribution in [0.25, 0.3) is 0 Å². The molecule has 0 saturated heterocycles. The van der Waals surface area contributed by atoms with Gasteiger partial charge in [-0.3, -0.25) is 0 Å². The molecule has 0 atom stereocenters. The number of thiocarbonyl (C=S) groups is 1. The number of halogens is 3. The van der Waals surface area contributed by atoms with Crippen LogP contribution < -0.4 is 10.6 Å². The van der Waals surface area contributed by atoms with E-state index in [1.54, 1.807) is 6.07 Å². The third kappa shape index (κ3) is 5.16. The van der Waals surface area contributed by atoms with Crippen LogP contribution in [0.5, 0.6) is 0 Å². The molecule has 2 N–H and O–H groups in total. The van der Waals surface area contributed by atoms with Crippen molar-refractivity contribution in [1.82, 2.24) is 5.32 Å². The average Bonchev–Trinajstić information content (AvgIpc) is 2.45. The Morgan fingerprint density at radius 2 is 1.81 bits per heavy atom. The summed E-state index contributed by atoms with van der Waals surface area (Å²) < 4.78 is 13.3.